The average molecular weight is 244 g/mol. The molecule has 0 spiro atoms. The number of fused-ring (bicyclic) bond motifs is 1. The third kappa shape index (κ3) is 2.19. The molecular formula is C16H24N2. The SMILES string of the molecule is CN(C)C(c1ccc2c(c1)CCC2)C1CCCN1. The molecule has 0 radical (unpaired) electrons. The second-order valence-electron chi connectivity index (χ2n) is 5.99. The normalized spacial score (nSPS) is 24.5. The quantitative estimate of drug-likeness (QED) is 0.879. The Kier molecular flexibility index (Phi) is 3.40. The molecule has 1 aromatic rings. The van der Waals surface area contributed by atoms with E-state index in [2.05, 4.69) is 42.5 Å². The van der Waals surface area contributed by atoms with E-state index in [1.54, 1.807) is 11.1 Å². The van der Waals surface area contributed by atoms with E-state index in [1.165, 1.54) is 44.2 Å². The number of hydrogen-bond acceptors (Lipinski definition) is 2. The highest BCUT2D eigenvalue weighted by Crippen LogP contribution is 2.31. The average Bonchev–Trinajstić information content (AvgIpc) is 2.98. The summed E-state index contributed by atoms with van der Waals surface area (Å²) in [5, 5.41) is 3.66. The molecule has 98 valence electrons. The highest BCUT2D eigenvalue weighted by molar-refractivity contribution is 5.37. The minimum absolute atomic E-state index is 0.526. The zero-order chi connectivity index (χ0) is 12.5. The van der Waals surface area contributed by atoms with E-state index in [-0.39, 0.29) is 0 Å². The molecule has 2 nitrogen and oxygen atoms in total. The van der Waals surface area contributed by atoms with Crippen molar-refractivity contribution in [2.24, 2.45) is 0 Å². The predicted octanol–water partition coefficient (Wildman–Crippen LogP) is 2.53. The van der Waals surface area contributed by atoms with Crippen LogP contribution in [0.5, 0.6) is 0 Å². The van der Waals surface area contributed by atoms with Crippen LogP contribution in [0.3, 0.4) is 0 Å². The first kappa shape index (κ1) is 12.2. The summed E-state index contributed by atoms with van der Waals surface area (Å²) in [4.78, 5) is 2.37. The van der Waals surface area contributed by atoms with Gasteiger partial charge >= 0.3 is 0 Å². The van der Waals surface area contributed by atoms with Crippen LogP contribution in [-0.4, -0.2) is 31.6 Å². The van der Waals surface area contributed by atoms with Gasteiger partial charge < -0.3 is 10.2 Å². The number of nitrogens with zero attached hydrogens (tertiary/aromatic N) is 1. The topological polar surface area (TPSA) is 15.3 Å². The lowest BCUT2D eigenvalue weighted by molar-refractivity contribution is 0.244. The van der Waals surface area contributed by atoms with E-state index in [1.807, 2.05) is 0 Å². The van der Waals surface area contributed by atoms with Gasteiger partial charge in [-0.1, -0.05) is 18.2 Å². The summed E-state index contributed by atoms with van der Waals surface area (Å²) in [7, 11) is 4.41. The van der Waals surface area contributed by atoms with E-state index in [9.17, 15) is 0 Å². The summed E-state index contributed by atoms with van der Waals surface area (Å²) >= 11 is 0. The van der Waals surface area contributed by atoms with Crippen LogP contribution in [0.4, 0.5) is 0 Å². The first-order valence-electron chi connectivity index (χ1n) is 7.27. The van der Waals surface area contributed by atoms with Gasteiger partial charge in [0.05, 0.1) is 0 Å². The Labute approximate surface area is 110 Å². The van der Waals surface area contributed by atoms with E-state index in [4.69, 9.17) is 0 Å². The molecule has 1 saturated heterocycles. The van der Waals surface area contributed by atoms with Gasteiger partial charge in [0, 0.05) is 12.1 Å². The maximum atomic E-state index is 3.66. The van der Waals surface area contributed by atoms with Gasteiger partial charge in [0.1, 0.15) is 0 Å². The summed E-state index contributed by atoms with van der Waals surface area (Å²) < 4.78 is 0. The molecule has 1 fully saturated rings. The second kappa shape index (κ2) is 5.02. The van der Waals surface area contributed by atoms with Gasteiger partial charge in [0.15, 0.2) is 0 Å². The molecule has 3 rings (SSSR count). The Morgan fingerprint density at radius 3 is 2.72 bits per heavy atom. The second-order valence-corrected chi connectivity index (χ2v) is 5.99. The number of likely N-dealkylation sites (N-methyl/N-ethyl adjacent to an activating group) is 1. The number of nitrogens with one attached hydrogen (secondary N) is 1. The summed E-state index contributed by atoms with van der Waals surface area (Å²) in [6.07, 6.45) is 6.53. The maximum Gasteiger partial charge on any atom is 0.0496 e. The Morgan fingerprint density at radius 2 is 2.00 bits per heavy atom. The minimum Gasteiger partial charge on any atom is -0.312 e. The molecule has 0 saturated carbocycles. The van der Waals surface area contributed by atoms with Crippen LogP contribution < -0.4 is 5.32 Å². The van der Waals surface area contributed by atoms with Crippen molar-refractivity contribution >= 4 is 0 Å². The van der Waals surface area contributed by atoms with Crippen molar-refractivity contribution in [3.63, 3.8) is 0 Å². The molecule has 2 aliphatic rings. The third-order valence-electron chi connectivity index (χ3n) is 4.50. The number of benzene rings is 1. The van der Waals surface area contributed by atoms with E-state index in [0.717, 1.165) is 0 Å². The number of hydrogen-bond donors (Lipinski definition) is 1. The lowest BCUT2D eigenvalue weighted by Crippen LogP contribution is -2.37. The molecule has 0 bridgehead atoms. The molecule has 0 amide bonds. The molecule has 2 heteroatoms. The molecule has 1 heterocycles. The standard InChI is InChI=1S/C16H24N2/c1-18(2)16(15-7-4-10-17-15)14-9-8-12-5-3-6-13(12)11-14/h8-9,11,15-17H,3-7,10H2,1-2H3. The molecule has 2 unspecified atom stereocenters. The number of aryl methyl sites for hydroxylation is 2. The lowest BCUT2D eigenvalue weighted by Gasteiger charge is -2.31. The van der Waals surface area contributed by atoms with Crippen LogP contribution in [0.2, 0.25) is 0 Å². The van der Waals surface area contributed by atoms with Gasteiger partial charge in [-0.25, -0.2) is 0 Å². The van der Waals surface area contributed by atoms with Gasteiger partial charge in [-0.3, -0.25) is 0 Å². The van der Waals surface area contributed by atoms with E-state index < -0.39 is 0 Å². The van der Waals surface area contributed by atoms with Crippen molar-refractivity contribution in [1.82, 2.24) is 10.2 Å². The van der Waals surface area contributed by atoms with Crippen LogP contribution in [0.15, 0.2) is 18.2 Å². The summed E-state index contributed by atoms with van der Waals surface area (Å²) in [5.74, 6) is 0. The van der Waals surface area contributed by atoms with E-state index >= 15 is 0 Å². The maximum absolute atomic E-state index is 3.66. The van der Waals surface area contributed by atoms with Crippen LogP contribution in [0.1, 0.15) is 42.0 Å². The summed E-state index contributed by atoms with van der Waals surface area (Å²) in [6, 6.07) is 8.34. The van der Waals surface area contributed by atoms with E-state index in [0.29, 0.717) is 12.1 Å². The van der Waals surface area contributed by atoms with Crippen molar-refractivity contribution < 1.29 is 0 Å². The predicted molar refractivity (Wildman–Crippen MR) is 75.9 cm³/mol. The van der Waals surface area contributed by atoms with Crippen LogP contribution in [0, 0.1) is 0 Å². The van der Waals surface area contributed by atoms with Gasteiger partial charge in [0.2, 0.25) is 0 Å². The minimum atomic E-state index is 0.526. The van der Waals surface area contributed by atoms with Crippen molar-refractivity contribution in [2.75, 3.05) is 20.6 Å². The smallest absolute Gasteiger partial charge is 0.0496 e. The highest BCUT2D eigenvalue weighted by Gasteiger charge is 2.28. The summed E-state index contributed by atoms with van der Waals surface area (Å²) in [5.41, 5.74) is 4.67. The van der Waals surface area contributed by atoms with Crippen LogP contribution >= 0.6 is 0 Å². The molecule has 1 N–H and O–H groups in total. The van der Waals surface area contributed by atoms with Gasteiger partial charge in [0.25, 0.3) is 0 Å². The van der Waals surface area contributed by atoms with Crippen molar-refractivity contribution in [2.45, 2.75) is 44.2 Å². The highest BCUT2D eigenvalue weighted by atomic mass is 15.1. The lowest BCUT2D eigenvalue weighted by atomic mass is 9.94. The Bertz CT molecular complexity index is 419. The molecule has 18 heavy (non-hydrogen) atoms. The molecule has 1 aliphatic carbocycles. The number of rotatable bonds is 3. The fourth-order valence-electron chi connectivity index (χ4n) is 3.65. The summed E-state index contributed by atoms with van der Waals surface area (Å²) in [6.45, 7) is 1.18. The largest absolute Gasteiger partial charge is 0.312 e. The first-order valence-corrected chi connectivity index (χ1v) is 7.27. The Hall–Kier alpha value is -0.860. The molecule has 1 aromatic carbocycles. The van der Waals surface area contributed by atoms with Crippen molar-refractivity contribution in [3.05, 3.63) is 34.9 Å². The fraction of sp³-hybridized carbons (Fsp3) is 0.625. The Balaban J connectivity index is 1.89. The van der Waals surface area contributed by atoms with Crippen LogP contribution in [-0.2, 0) is 12.8 Å². The van der Waals surface area contributed by atoms with Crippen molar-refractivity contribution in [3.8, 4) is 0 Å². The Morgan fingerprint density at radius 1 is 1.17 bits per heavy atom. The molecule has 2 atom stereocenters. The first-order chi connectivity index (χ1) is 8.75. The zero-order valence-electron chi connectivity index (χ0n) is 11.6. The molecule has 0 aromatic heterocycles. The van der Waals surface area contributed by atoms with Crippen molar-refractivity contribution in [1.29, 1.82) is 0 Å². The van der Waals surface area contributed by atoms with Gasteiger partial charge in [-0.2, -0.15) is 0 Å². The van der Waals surface area contributed by atoms with Gasteiger partial charge in [-0.15, -0.1) is 0 Å². The van der Waals surface area contributed by atoms with Gasteiger partial charge in [-0.05, 0) is 69.4 Å². The molecular weight excluding hydrogens is 220 g/mol. The van der Waals surface area contributed by atoms with Crippen LogP contribution in [0.25, 0.3) is 0 Å². The fourth-order valence-corrected chi connectivity index (χ4v) is 3.65. The monoisotopic (exact) mass is 244 g/mol. The third-order valence-corrected chi connectivity index (χ3v) is 4.50. The molecule has 1 aliphatic heterocycles. The zero-order valence-corrected chi connectivity index (χ0v) is 11.6.